The lowest BCUT2D eigenvalue weighted by molar-refractivity contribution is 0.172. The maximum atomic E-state index is 4.51. The highest BCUT2D eigenvalue weighted by atomic mass is 15.3. The zero-order chi connectivity index (χ0) is 14.2. The van der Waals surface area contributed by atoms with Gasteiger partial charge < -0.3 is 0 Å². The maximum Gasteiger partial charge on any atom is 0.171 e. The molecule has 1 aliphatic heterocycles. The van der Waals surface area contributed by atoms with Crippen molar-refractivity contribution in [2.45, 2.75) is 26.3 Å². The second-order valence-corrected chi connectivity index (χ2v) is 6.05. The Hall–Kier alpha value is -2.01. The van der Waals surface area contributed by atoms with Gasteiger partial charge in [0.1, 0.15) is 6.33 Å². The van der Waals surface area contributed by atoms with Gasteiger partial charge in [-0.15, -0.1) is 10.2 Å². The first-order chi connectivity index (χ1) is 10.3. The number of hydrogen-bond acceptors (Lipinski definition) is 4. The van der Waals surface area contributed by atoms with E-state index in [1.54, 1.807) is 0 Å². The van der Waals surface area contributed by atoms with Crippen LogP contribution in [0.5, 0.6) is 0 Å². The maximum absolute atomic E-state index is 4.51. The van der Waals surface area contributed by atoms with E-state index < -0.39 is 0 Å². The first-order valence-corrected chi connectivity index (χ1v) is 7.61. The number of rotatable bonds is 2. The molecule has 5 heteroatoms. The van der Waals surface area contributed by atoms with Crippen molar-refractivity contribution in [3.63, 3.8) is 0 Å². The van der Waals surface area contributed by atoms with E-state index in [1.165, 1.54) is 12.8 Å². The summed E-state index contributed by atoms with van der Waals surface area (Å²) in [6, 6.07) is 8.08. The lowest BCUT2D eigenvalue weighted by atomic mass is 10.0. The lowest BCUT2D eigenvalue weighted by Crippen LogP contribution is -2.34. The summed E-state index contributed by atoms with van der Waals surface area (Å²) in [5.74, 6) is 1.76. The molecule has 1 fully saturated rings. The van der Waals surface area contributed by atoms with Crippen molar-refractivity contribution < 1.29 is 0 Å². The van der Waals surface area contributed by atoms with Crippen molar-refractivity contribution in [1.29, 1.82) is 0 Å². The number of hydrogen-bond donors (Lipinski definition) is 0. The molecule has 0 N–H and O–H groups in total. The highest BCUT2D eigenvalue weighted by Crippen LogP contribution is 2.20. The predicted octanol–water partition coefficient (Wildman–Crippen LogP) is 2.51. The first kappa shape index (κ1) is 12.7. The molecule has 0 aliphatic carbocycles. The number of nitrogens with zero attached hydrogens (tertiary/aromatic N) is 5. The second kappa shape index (κ2) is 5.07. The Labute approximate surface area is 123 Å². The van der Waals surface area contributed by atoms with Gasteiger partial charge in [-0.2, -0.15) is 0 Å². The van der Waals surface area contributed by atoms with Crippen LogP contribution in [-0.2, 0) is 6.54 Å². The Morgan fingerprint density at radius 2 is 2.14 bits per heavy atom. The number of likely N-dealkylation sites (tertiary alicyclic amines) is 1. The molecule has 0 spiro atoms. The van der Waals surface area contributed by atoms with Crippen LogP contribution in [0.25, 0.3) is 16.6 Å². The number of benzene rings is 1. The normalized spacial score (nSPS) is 20.3. The zero-order valence-electron chi connectivity index (χ0n) is 12.2. The van der Waals surface area contributed by atoms with E-state index in [1.807, 2.05) is 28.9 Å². The molecule has 1 saturated heterocycles. The molecule has 5 nitrogen and oxygen atoms in total. The molecule has 1 aromatic carbocycles. The molecular weight excluding hydrogens is 262 g/mol. The minimum Gasteiger partial charge on any atom is -0.296 e. The van der Waals surface area contributed by atoms with Crippen molar-refractivity contribution >= 4 is 16.6 Å². The SMILES string of the molecule is CC1CCCN(Cc2nnc3c4ccccc4ncn23)C1. The van der Waals surface area contributed by atoms with E-state index in [0.29, 0.717) is 0 Å². The minimum atomic E-state index is 0.775. The topological polar surface area (TPSA) is 46.3 Å². The fourth-order valence-corrected chi connectivity index (χ4v) is 3.26. The van der Waals surface area contributed by atoms with Gasteiger partial charge in [0, 0.05) is 11.9 Å². The third-order valence-electron chi connectivity index (χ3n) is 4.33. The monoisotopic (exact) mass is 281 g/mol. The van der Waals surface area contributed by atoms with Crippen LogP contribution in [0.4, 0.5) is 0 Å². The van der Waals surface area contributed by atoms with Crippen LogP contribution in [0.3, 0.4) is 0 Å². The van der Waals surface area contributed by atoms with E-state index in [4.69, 9.17) is 0 Å². The molecule has 2 aromatic heterocycles. The molecular formula is C16H19N5. The van der Waals surface area contributed by atoms with E-state index in [0.717, 1.165) is 47.9 Å². The van der Waals surface area contributed by atoms with Crippen molar-refractivity contribution in [3.05, 3.63) is 36.4 Å². The molecule has 0 amide bonds. The molecule has 4 rings (SSSR count). The number of para-hydroxylation sites is 1. The summed E-state index contributed by atoms with van der Waals surface area (Å²) in [6.07, 6.45) is 4.46. The fraction of sp³-hybridized carbons (Fsp3) is 0.438. The average molecular weight is 281 g/mol. The Kier molecular flexibility index (Phi) is 3.07. The molecule has 21 heavy (non-hydrogen) atoms. The quantitative estimate of drug-likeness (QED) is 0.724. The fourth-order valence-electron chi connectivity index (χ4n) is 3.26. The summed E-state index contributed by atoms with van der Waals surface area (Å²) in [5, 5.41) is 9.83. The largest absolute Gasteiger partial charge is 0.296 e. The van der Waals surface area contributed by atoms with Crippen molar-refractivity contribution in [1.82, 2.24) is 24.5 Å². The zero-order valence-corrected chi connectivity index (χ0v) is 12.2. The second-order valence-electron chi connectivity index (χ2n) is 6.05. The van der Waals surface area contributed by atoms with E-state index in [-0.39, 0.29) is 0 Å². The Balaban J connectivity index is 1.71. The van der Waals surface area contributed by atoms with Crippen molar-refractivity contribution in [2.24, 2.45) is 5.92 Å². The van der Waals surface area contributed by atoms with Gasteiger partial charge in [0.05, 0.1) is 12.1 Å². The van der Waals surface area contributed by atoms with Gasteiger partial charge in [-0.05, 0) is 37.4 Å². The summed E-state index contributed by atoms with van der Waals surface area (Å²) in [7, 11) is 0. The van der Waals surface area contributed by atoms with Crippen molar-refractivity contribution in [2.75, 3.05) is 13.1 Å². The summed E-state index contributed by atoms with van der Waals surface area (Å²) >= 11 is 0. The van der Waals surface area contributed by atoms with Gasteiger partial charge in [-0.3, -0.25) is 9.30 Å². The Morgan fingerprint density at radius 3 is 3.05 bits per heavy atom. The third-order valence-corrected chi connectivity index (χ3v) is 4.33. The highest BCUT2D eigenvalue weighted by Gasteiger charge is 2.19. The van der Waals surface area contributed by atoms with Gasteiger partial charge >= 0.3 is 0 Å². The number of fused-ring (bicyclic) bond motifs is 3. The van der Waals surface area contributed by atoms with Crippen LogP contribution in [-0.4, -0.2) is 37.6 Å². The molecule has 3 aromatic rings. The molecule has 1 atom stereocenters. The molecule has 3 heterocycles. The number of aromatic nitrogens is 4. The van der Waals surface area contributed by atoms with E-state index in [9.17, 15) is 0 Å². The minimum absolute atomic E-state index is 0.775. The molecule has 0 radical (unpaired) electrons. The summed E-state index contributed by atoms with van der Waals surface area (Å²) in [5.41, 5.74) is 1.87. The van der Waals surface area contributed by atoms with Gasteiger partial charge in [0.25, 0.3) is 0 Å². The van der Waals surface area contributed by atoms with Gasteiger partial charge in [0.15, 0.2) is 11.5 Å². The smallest absolute Gasteiger partial charge is 0.171 e. The summed E-state index contributed by atoms with van der Waals surface area (Å²) in [4.78, 5) is 6.99. The first-order valence-electron chi connectivity index (χ1n) is 7.61. The van der Waals surface area contributed by atoms with Crippen LogP contribution >= 0.6 is 0 Å². The third kappa shape index (κ3) is 2.27. The lowest BCUT2D eigenvalue weighted by Gasteiger charge is -2.30. The summed E-state index contributed by atoms with van der Waals surface area (Å²) < 4.78 is 2.03. The Morgan fingerprint density at radius 1 is 1.24 bits per heavy atom. The van der Waals surface area contributed by atoms with Gasteiger partial charge in [-0.1, -0.05) is 19.1 Å². The van der Waals surface area contributed by atoms with Crippen LogP contribution in [0.2, 0.25) is 0 Å². The van der Waals surface area contributed by atoms with E-state index >= 15 is 0 Å². The Bertz CT molecular complexity index is 779. The highest BCUT2D eigenvalue weighted by molar-refractivity contribution is 5.90. The predicted molar refractivity (Wildman–Crippen MR) is 82.0 cm³/mol. The van der Waals surface area contributed by atoms with Gasteiger partial charge in [0.2, 0.25) is 0 Å². The molecule has 0 saturated carbocycles. The van der Waals surface area contributed by atoms with Crippen LogP contribution in [0.15, 0.2) is 30.6 Å². The standard InChI is InChI=1S/C16H19N5/c1-12-5-4-8-20(9-12)10-15-18-19-16-13-6-2-3-7-14(13)17-11-21(15)16/h2-3,6-7,11-12H,4-5,8-10H2,1H3. The van der Waals surface area contributed by atoms with Crippen LogP contribution in [0, 0.1) is 5.92 Å². The van der Waals surface area contributed by atoms with Crippen LogP contribution in [0.1, 0.15) is 25.6 Å². The van der Waals surface area contributed by atoms with Crippen molar-refractivity contribution in [3.8, 4) is 0 Å². The van der Waals surface area contributed by atoms with E-state index in [2.05, 4.69) is 33.1 Å². The van der Waals surface area contributed by atoms with Gasteiger partial charge in [-0.25, -0.2) is 4.98 Å². The number of piperidine rings is 1. The molecule has 1 aliphatic rings. The average Bonchev–Trinajstić information content (AvgIpc) is 2.91. The summed E-state index contributed by atoms with van der Waals surface area (Å²) in [6.45, 7) is 5.48. The van der Waals surface area contributed by atoms with Crippen LogP contribution < -0.4 is 0 Å². The molecule has 108 valence electrons. The molecule has 0 bridgehead atoms. The molecule has 1 unspecified atom stereocenters.